The molecule has 0 aliphatic carbocycles. The summed E-state index contributed by atoms with van der Waals surface area (Å²) >= 11 is 0. The van der Waals surface area contributed by atoms with Crippen molar-refractivity contribution in [2.24, 2.45) is 5.92 Å². The van der Waals surface area contributed by atoms with E-state index in [1.807, 2.05) is 0 Å². The van der Waals surface area contributed by atoms with E-state index in [0.29, 0.717) is 0 Å². The average Bonchev–Trinajstić information content (AvgIpc) is 2.58. The molecule has 3 nitrogen and oxygen atoms in total. The van der Waals surface area contributed by atoms with Crippen LogP contribution in [-0.2, 0) is 9.53 Å². The van der Waals surface area contributed by atoms with Gasteiger partial charge in [0, 0.05) is 12.1 Å². The fraction of sp³-hybridized carbons (Fsp3) is 0.909. The van der Waals surface area contributed by atoms with Crippen LogP contribution in [0.4, 0.5) is 13.2 Å². The number of methoxy groups -OCH3 is 1. The van der Waals surface area contributed by atoms with Gasteiger partial charge >= 0.3 is 12.1 Å². The van der Waals surface area contributed by atoms with Gasteiger partial charge in [0.25, 0.3) is 0 Å². The van der Waals surface area contributed by atoms with Gasteiger partial charge in [0.1, 0.15) is 6.04 Å². The molecule has 6 heteroatoms. The third kappa shape index (κ3) is 2.91. The van der Waals surface area contributed by atoms with Crippen LogP contribution in [0.5, 0.6) is 0 Å². The average molecular weight is 253 g/mol. The number of ether oxygens (including phenoxy) is 1. The van der Waals surface area contributed by atoms with Crippen LogP contribution in [-0.4, -0.2) is 42.3 Å². The molecule has 1 fully saturated rings. The fourth-order valence-corrected chi connectivity index (χ4v) is 2.30. The predicted molar refractivity (Wildman–Crippen MR) is 56.4 cm³/mol. The van der Waals surface area contributed by atoms with Crippen LogP contribution in [0.25, 0.3) is 0 Å². The summed E-state index contributed by atoms with van der Waals surface area (Å²) in [5.74, 6) is -2.44. The van der Waals surface area contributed by atoms with Crippen molar-refractivity contribution in [3.8, 4) is 0 Å². The van der Waals surface area contributed by atoms with Crippen molar-refractivity contribution in [1.82, 2.24) is 4.90 Å². The highest BCUT2D eigenvalue weighted by Crippen LogP contribution is 2.41. The van der Waals surface area contributed by atoms with Crippen LogP contribution in [0, 0.1) is 5.92 Å². The third-order valence-electron chi connectivity index (χ3n) is 3.12. The van der Waals surface area contributed by atoms with Crippen LogP contribution in [0.3, 0.4) is 0 Å². The number of carbonyl (C=O) groups is 1. The Morgan fingerprint density at radius 3 is 2.18 bits per heavy atom. The number of hydrogen-bond donors (Lipinski definition) is 0. The number of hydrogen-bond acceptors (Lipinski definition) is 3. The lowest BCUT2D eigenvalue weighted by Crippen LogP contribution is -2.52. The molecule has 0 bridgehead atoms. The van der Waals surface area contributed by atoms with Crippen molar-refractivity contribution in [2.75, 3.05) is 13.7 Å². The molecule has 0 aromatic carbocycles. The Hall–Kier alpha value is -0.780. The van der Waals surface area contributed by atoms with E-state index in [1.165, 1.54) is 0 Å². The van der Waals surface area contributed by atoms with Crippen LogP contribution in [0.15, 0.2) is 0 Å². The highest BCUT2D eigenvalue weighted by molar-refractivity contribution is 5.76. The van der Waals surface area contributed by atoms with Gasteiger partial charge in [-0.3, -0.25) is 9.69 Å². The molecule has 0 spiro atoms. The van der Waals surface area contributed by atoms with Gasteiger partial charge in [0.2, 0.25) is 0 Å². The number of rotatable bonds is 1. The molecule has 0 radical (unpaired) electrons. The molecule has 0 aromatic heterocycles. The minimum absolute atomic E-state index is 0.0550. The van der Waals surface area contributed by atoms with Crippen LogP contribution in [0.1, 0.15) is 27.2 Å². The summed E-state index contributed by atoms with van der Waals surface area (Å²) in [6.45, 7) is 5.64. The molecule has 1 aliphatic heterocycles. The van der Waals surface area contributed by atoms with Crippen molar-refractivity contribution < 1.29 is 22.7 Å². The van der Waals surface area contributed by atoms with Gasteiger partial charge in [-0.2, -0.15) is 13.2 Å². The molecule has 2 atom stereocenters. The van der Waals surface area contributed by atoms with E-state index in [1.54, 1.807) is 25.7 Å². The molecule has 17 heavy (non-hydrogen) atoms. The summed E-state index contributed by atoms with van der Waals surface area (Å²) in [7, 11) is 1.12. The Morgan fingerprint density at radius 1 is 1.29 bits per heavy atom. The van der Waals surface area contributed by atoms with E-state index in [2.05, 4.69) is 4.74 Å². The van der Waals surface area contributed by atoms with Crippen molar-refractivity contribution in [3.63, 3.8) is 0 Å². The second-order valence-corrected chi connectivity index (χ2v) is 5.27. The number of esters is 1. The SMILES string of the molecule is COC(=O)[C@@H]1[C@@H](C(F)(F)F)CCN1C(C)(C)C. The first-order valence-corrected chi connectivity index (χ1v) is 5.50. The van der Waals surface area contributed by atoms with E-state index in [-0.39, 0.29) is 13.0 Å². The molecule has 1 aliphatic rings. The van der Waals surface area contributed by atoms with E-state index >= 15 is 0 Å². The zero-order valence-corrected chi connectivity index (χ0v) is 10.5. The molecular formula is C11H18F3NO2. The topological polar surface area (TPSA) is 29.5 Å². The number of alkyl halides is 3. The second-order valence-electron chi connectivity index (χ2n) is 5.27. The second kappa shape index (κ2) is 4.48. The quantitative estimate of drug-likeness (QED) is 0.671. The molecule has 0 aromatic rings. The lowest BCUT2D eigenvalue weighted by molar-refractivity contribution is -0.191. The Bertz CT molecular complexity index is 274. The highest BCUT2D eigenvalue weighted by atomic mass is 19.4. The molecular weight excluding hydrogens is 235 g/mol. The van der Waals surface area contributed by atoms with Gasteiger partial charge < -0.3 is 4.74 Å². The number of nitrogens with zero attached hydrogens (tertiary/aromatic N) is 1. The summed E-state index contributed by atoms with van der Waals surface area (Å²) in [4.78, 5) is 13.1. The lowest BCUT2D eigenvalue weighted by atomic mass is 9.97. The minimum atomic E-state index is -4.36. The van der Waals surface area contributed by atoms with Crippen molar-refractivity contribution >= 4 is 5.97 Å². The third-order valence-corrected chi connectivity index (χ3v) is 3.12. The predicted octanol–water partition coefficient (Wildman–Crippen LogP) is 2.21. The molecule has 0 unspecified atom stereocenters. The Kier molecular flexibility index (Phi) is 3.76. The molecule has 0 saturated carbocycles. The maximum absolute atomic E-state index is 12.8. The lowest BCUT2D eigenvalue weighted by Gasteiger charge is -2.37. The van der Waals surface area contributed by atoms with Crippen LogP contribution < -0.4 is 0 Å². The molecule has 100 valence electrons. The zero-order valence-electron chi connectivity index (χ0n) is 10.5. The maximum atomic E-state index is 12.8. The molecule has 1 heterocycles. The summed E-state index contributed by atoms with van der Waals surface area (Å²) in [6, 6.07) is -1.22. The maximum Gasteiger partial charge on any atom is 0.393 e. The molecule has 1 rings (SSSR count). The van der Waals surface area contributed by atoms with E-state index < -0.39 is 29.6 Å². The van der Waals surface area contributed by atoms with Gasteiger partial charge in [-0.15, -0.1) is 0 Å². The van der Waals surface area contributed by atoms with E-state index in [0.717, 1.165) is 7.11 Å². The van der Waals surface area contributed by atoms with Crippen molar-refractivity contribution in [3.05, 3.63) is 0 Å². The van der Waals surface area contributed by atoms with E-state index in [4.69, 9.17) is 0 Å². The molecule has 0 N–H and O–H groups in total. The Morgan fingerprint density at radius 2 is 1.82 bits per heavy atom. The highest BCUT2D eigenvalue weighted by Gasteiger charge is 2.55. The monoisotopic (exact) mass is 253 g/mol. The van der Waals surface area contributed by atoms with Crippen molar-refractivity contribution in [1.29, 1.82) is 0 Å². The fourth-order valence-electron chi connectivity index (χ4n) is 2.30. The summed E-state index contributed by atoms with van der Waals surface area (Å²) in [5.41, 5.74) is -0.487. The summed E-state index contributed by atoms with van der Waals surface area (Å²) in [5, 5.41) is 0. The largest absolute Gasteiger partial charge is 0.468 e. The normalized spacial score (nSPS) is 27.2. The van der Waals surface area contributed by atoms with Crippen LogP contribution >= 0.6 is 0 Å². The zero-order chi connectivity index (χ0) is 13.4. The molecule has 0 amide bonds. The Balaban J connectivity index is 3.02. The summed E-state index contributed by atoms with van der Waals surface area (Å²) in [6.07, 6.45) is -4.42. The van der Waals surface area contributed by atoms with E-state index in [9.17, 15) is 18.0 Å². The first-order chi connectivity index (χ1) is 7.59. The van der Waals surface area contributed by atoms with Crippen LogP contribution in [0.2, 0.25) is 0 Å². The first-order valence-electron chi connectivity index (χ1n) is 5.50. The number of likely N-dealkylation sites (tertiary alicyclic amines) is 1. The van der Waals surface area contributed by atoms with Gasteiger partial charge in [-0.05, 0) is 27.2 Å². The van der Waals surface area contributed by atoms with Gasteiger partial charge in [0.05, 0.1) is 13.0 Å². The molecule has 1 saturated heterocycles. The number of halogens is 3. The first kappa shape index (κ1) is 14.3. The minimum Gasteiger partial charge on any atom is -0.468 e. The Labute approximate surface area is 98.9 Å². The van der Waals surface area contributed by atoms with Gasteiger partial charge in [-0.25, -0.2) is 0 Å². The van der Waals surface area contributed by atoms with Gasteiger partial charge in [0.15, 0.2) is 0 Å². The van der Waals surface area contributed by atoms with Gasteiger partial charge in [-0.1, -0.05) is 0 Å². The standard InChI is InChI=1S/C11H18F3NO2/c1-10(2,3)15-6-5-7(11(12,13)14)8(15)9(16)17-4/h7-8H,5-6H2,1-4H3/t7-,8-/m0/s1. The summed E-state index contributed by atoms with van der Waals surface area (Å²) < 4.78 is 43.0. The smallest absolute Gasteiger partial charge is 0.393 e. The number of carbonyl (C=O) groups excluding carboxylic acids is 1. The van der Waals surface area contributed by atoms with Crippen molar-refractivity contribution in [2.45, 2.75) is 44.9 Å².